The Balaban J connectivity index is 1.94. The normalized spacial score (nSPS) is 24.9. The molecule has 2 nitrogen and oxygen atoms in total. The molecule has 0 bridgehead atoms. The Kier molecular flexibility index (Phi) is 3.51. The van der Waals surface area contributed by atoms with Crippen LogP contribution in [0.4, 0.5) is 8.78 Å². The van der Waals surface area contributed by atoms with E-state index < -0.39 is 11.6 Å². The summed E-state index contributed by atoms with van der Waals surface area (Å²) in [5, 5.41) is 12.7. The lowest BCUT2D eigenvalue weighted by atomic mass is 10.1. The zero-order valence-corrected chi connectivity index (χ0v) is 8.92. The van der Waals surface area contributed by atoms with Crippen LogP contribution in [0.2, 0.25) is 0 Å². The summed E-state index contributed by atoms with van der Waals surface area (Å²) >= 11 is 0. The van der Waals surface area contributed by atoms with Gasteiger partial charge in [0.2, 0.25) is 0 Å². The number of rotatable bonds is 3. The number of halogens is 2. The van der Waals surface area contributed by atoms with Gasteiger partial charge in [-0.2, -0.15) is 0 Å². The second-order valence-corrected chi connectivity index (χ2v) is 4.22. The van der Waals surface area contributed by atoms with Gasteiger partial charge in [-0.05, 0) is 25.3 Å². The predicted octanol–water partition coefficient (Wildman–Crippen LogP) is 1.97. The number of aliphatic hydroxyl groups excluding tert-OH is 1. The number of hydrogen-bond acceptors (Lipinski definition) is 2. The van der Waals surface area contributed by atoms with Crippen LogP contribution in [0.15, 0.2) is 18.2 Å². The molecule has 4 heteroatoms. The molecule has 0 aliphatic heterocycles. The lowest BCUT2D eigenvalue weighted by Gasteiger charge is -2.16. The van der Waals surface area contributed by atoms with Gasteiger partial charge in [0, 0.05) is 24.2 Å². The molecule has 1 aliphatic rings. The number of nitrogens with one attached hydrogen (secondary N) is 1. The van der Waals surface area contributed by atoms with Gasteiger partial charge in [-0.1, -0.05) is 6.07 Å². The first-order valence-electron chi connectivity index (χ1n) is 5.52. The Morgan fingerprint density at radius 3 is 2.75 bits per heavy atom. The van der Waals surface area contributed by atoms with Gasteiger partial charge in [0.15, 0.2) is 0 Å². The monoisotopic (exact) mass is 227 g/mol. The van der Waals surface area contributed by atoms with Crippen molar-refractivity contribution >= 4 is 0 Å². The summed E-state index contributed by atoms with van der Waals surface area (Å²) in [5.41, 5.74) is 0.431. The number of aliphatic hydroxyl groups is 1. The number of hydrogen-bond donors (Lipinski definition) is 2. The van der Waals surface area contributed by atoms with Gasteiger partial charge in [-0.3, -0.25) is 0 Å². The lowest BCUT2D eigenvalue weighted by molar-refractivity contribution is 0.148. The van der Waals surface area contributed by atoms with Gasteiger partial charge in [-0.15, -0.1) is 0 Å². The minimum atomic E-state index is -0.567. The maximum absolute atomic E-state index is 13.3. The second-order valence-electron chi connectivity index (χ2n) is 4.22. The van der Waals surface area contributed by atoms with Crippen LogP contribution in [-0.4, -0.2) is 17.3 Å². The molecule has 2 atom stereocenters. The highest BCUT2D eigenvalue weighted by atomic mass is 19.1. The van der Waals surface area contributed by atoms with Gasteiger partial charge in [0.1, 0.15) is 11.6 Å². The molecule has 1 saturated carbocycles. The fraction of sp³-hybridized carbons (Fsp3) is 0.500. The highest BCUT2D eigenvalue weighted by Gasteiger charge is 2.24. The van der Waals surface area contributed by atoms with Gasteiger partial charge < -0.3 is 10.4 Å². The standard InChI is InChI=1S/C12H15F2NO/c13-9-5-4-8(10(14)6-9)7-15-11-2-1-3-12(11)16/h4-6,11-12,15-16H,1-3,7H2/t11-,12-/m0/s1. The summed E-state index contributed by atoms with van der Waals surface area (Å²) in [6.45, 7) is 0.327. The van der Waals surface area contributed by atoms with Gasteiger partial charge in [0.05, 0.1) is 6.10 Å². The molecular formula is C12H15F2NO. The van der Waals surface area contributed by atoms with E-state index in [1.807, 2.05) is 0 Å². The molecule has 0 amide bonds. The molecular weight excluding hydrogens is 212 g/mol. The first-order valence-corrected chi connectivity index (χ1v) is 5.52. The highest BCUT2D eigenvalue weighted by molar-refractivity contribution is 5.18. The molecule has 1 aliphatic carbocycles. The second kappa shape index (κ2) is 4.89. The minimum absolute atomic E-state index is 0.0319. The number of benzene rings is 1. The lowest BCUT2D eigenvalue weighted by Crippen LogP contribution is -2.35. The van der Waals surface area contributed by atoms with Crippen LogP contribution in [0.25, 0.3) is 0 Å². The molecule has 0 saturated heterocycles. The maximum Gasteiger partial charge on any atom is 0.130 e. The van der Waals surface area contributed by atoms with E-state index in [-0.39, 0.29) is 12.1 Å². The molecule has 2 rings (SSSR count). The van der Waals surface area contributed by atoms with Gasteiger partial charge >= 0.3 is 0 Å². The van der Waals surface area contributed by atoms with Crippen LogP contribution in [0, 0.1) is 11.6 Å². The van der Waals surface area contributed by atoms with Gasteiger partial charge in [0.25, 0.3) is 0 Å². The van der Waals surface area contributed by atoms with Crippen molar-refractivity contribution in [1.82, 2.24) is 5.32 Å². The Bertz CT molecular complexity index is 370. The molecule has 1 fully saturated rings. The van der Waals surface area contributed by atoms with E-state index >= 15 is 0 Å². The molecule has 16 heavy (non-hydrogen) atoms. The van der Waals surface area contributed by atoms with Crippen LogP contribution in [-0.2, 0) is 6.54 Å². The average molecular weight is 227 g/mol. The van der Waals surface area contributed by atoms with E-state index in [0.29, 0.717) is 12.1 Å². The highest BCUT2D eigenvalue weighted by Crippen LogP contribution is 2.19. The van der Waals surface area contributed by atoms with E-state index in [1.165, 1.54) is 12.1 Å². The fourth-order valence-corrected chi connectivity index (χ4v) is 2.08. The van der Waals surface area contributed by atoms with E-state index in [0.717, 1.165) is 25.3 Å². The molecule has 0 spiro atoms. The van der Waals surface area contributed by atoms with Crippen molar-refractivity contribution in [2.24, 2.45) is 0 Å². The molecule has 1 aromatic carbocycles. The largest absolute Gasteiger partial charge is 0.392 e. The summed E-state index contributed by atoms with van der Waals surface area (Å²) in [5.74, 6) is -1.11. The van der Waals surface area contributed by atoms with E-state index in [9.17, 15) is 13.9 Å². The summed E-state index contributed by atoms with van der Waals surface area (Å²) in [4.78, 5) is 0. The van der Waals surface area contributed by atoms with Crippen LogP contribution in [0.5, 0.6) is 0 Å². The van der Waals surface area contributed by atoms with E-state index in [2.05, 4.69) is 5.32 Å². The van der Waals surface area contributed by atoms with Crippen molar-refractivity contribution in [3.8, 4) is 0 Å². The Labute approximate surface area is 93.3 Å². The zero-order chi connectivity index (χ0) is 11.5. The van der Waals surface area contributed by atoms with Crippen molar-refractivity contribution in [3.63, 3.8) is 0 Å². The quantitative estimate of drug-likeness (QED) is 0.827. The zero-order valence-electron chi connectivity index (χ0n) is 8.92. The van der Waals surface area contributed by atoms with Crippen LogP contribution in [0.3, 0.4) is 0 Å². The van der Waals surface area contributed by atoms with Crippen molar-refractivity contribution in [1.29, 1.82) is 0 Å². The Hall–Kier alpha value is -1.00. The molecule has 2 N–H and O–H groups in total. The van der Waals surface area contributed by atoms with E-state index in [1.54, 1.807) is 0 Å². The first kappa shape index (κ1) is 11.5. The van der Waals surface area contributed by atoms with Gasteiger partial charge in [-0.25, -0.2) is 8.78 Å². The van der Waals surface area contributed by atoms with Crippen molar-refractivity contribution in [3.05, 3.63) is 35.4 Å². The molecule has 0 unspecified atom stereocenters. The maximum atomic E-state index is 13.3. The van der Waals surface area contributed by atoms with Crippen LogP contribution >= 0.6 is 0 Å². The summed E-state index contributed by atoms with van der Waals surface area (Å²) < 4.78 is 25.9. The average Bonchev–Trinajstić information content (AvgIpc) is 2.63. The molecule has 88 valence electrons. The van der Waals surface area contributed by atoms with Crippen molar-refractivity contribution in [2.75, 3.05) is 0 Å². The molecule has 1 aromatic rings. The van der Waals surface area contributed by atoms with Crippen molar-refractivity contribution in [2.45, 2.75) is 38.0 Å². The first-order chi connectivity index (χ1) is 7.66. The third-order valence-corrected chi connectivity index (χ3v) is 3.05. The molecule has 0 aromatic heterocycles. The summed E-state index contributed by atoms with van der Waals surface area (Å²) in [7, 11) is 0. The molecule has 0 heterocycles. The van der Waals surface area contributed by atoms with Crippen molar-refractivity contribution < 1.29 is 13.9 Å². The topological polar surface area (TPSA) is 32.3 Å². The SMILES string of the molecule is O[C@H]1CCC[C@@H]1NCc1ccc(F)cc1F. The summed E-state index contributed by atoms with van der Waals surface area (Å²) in [6.07, 6.45) is 2.35. The van der Waals surface area contributed by atoms with Crippen LogP contribution in [0.1, 0.15) is 24.8 Å². The van der Waals surface area contributed by atoms with E-state index in [4.69, 9.17) is 0 Å². The smallest absolute Gasteiger partial charge is 0.130 e. The third kappa shape index (κ3) is 2.57. The van der Waals surface area contributed by atoms with Crippen LogP contribution < -0.4 is 5.32 Å². The predicted molar refractivity (Wildman–Crippen MR) is 56.8 cm³/mol. The summed E-state index contributed by atoms with van der Waals surface area (Å²) in [6, 6.07) is 3.58. The minimum Gasteiger partial charge on any atom is -0.392 e. The third-order valence-electron chi connectivity index (χ3n) is 3.05. The Morgan fingerprint density at radius 2 is 2.12 bits per heavy atom. The molecule has 0 radical (unpaired) electrons. The Morgan fingerprint density at radius 1 is 1.31 bits per heavy atom. The fourth-order valence-electron chi connectivity index (χ4n) is 2.08.